The zero-order valence-corrected chi connectivity index (χ0v) is 13.1. The summed E-state index contributed by atoms with van der Waals surface area (Å²) >= 11 is 0. The van der Waals surface area contributed by atoms with Crippen molar-refractivity contribution < 1.29 is 4.74 Å². The van der Waals surface area contributed by atoms with Crippen molar-refractivity contribution in [2.75, 3.05) is 6.61 Å². The van der Waals surface area contributed by atoms with Gasteiger partial charge in [0.2, 0.25) is 5.90 Å². The van der Waals surface area contributed by atoms with E-state index < -0.39 is 0 Å². The van der Waals surface area contributed by atoms with Crippen LogP contribution in [0.25, 0.3) is 0 Å². The molecule has 0 saturated carbocycles. The second-order valence-electron chi connectivity index (χ2n) is 6.49. The predicted octanol–water partition coefficient (Wildman–Crippen LogP) is 4.11. The molecule has 0 saturated heterocycles. The minimum absolute atomic E-state index is 0.153. The van der Waals surface area contributed by atoms with Gasteiger partial charge in [0.25, 0.3) is 0 Å². The van der Waals surface area contributed by atoms with Crippen molar-refractivity contribution in [3.8, 4) is 12.3 Å². The molecule has 0 aromatic heterocycles. The van der Waals surface area contributed by atoms with Crippen molar-refractivity contribution in [1.29, 1.82) is 0 Å². The summed E-state index contributed by atoms with van der Waals surface area (Å²) in [7, 11) is 0. The van der Waals surface area contributed by atoms with Crippen LogP contribution in [0.15, 0.2) is 59.1 Å². The highest BCUT2D eigenvalue weighted by atomic mass is 16.5. The number of rotatable bonds is 3. The van der Waals surface area contributed by atoms with Crippen molar-refractivity contribution in [2.24, 2.45) is 10.9 Å². The highest BCUT2D eigenvalue weighted by Gasteiger charge is 2.35. The Morgan fingerprint density at radius 2 is 2.09 bits per heavy atom. The molecule has 0 amide bonds. The summed E-state index contributed by atoms with van der Waals surface area (Å²) in [4.78, 5) is 4.76. The smallest absolute Gasteiger partial charge is 0.213 e. The van der Waals surface area contributed by atoms with Gasteiger partial charge in [-0.05, 0) is 25.3 Å². The molecular weight excluding hydrogens is 270 g/mol. The fourth-order valence-corrected chi connectivity index (χ4v) is 3.09. The lowest BCUT2D eigenvalue weighted by molar-refractivity contribution is 0.277. The second-order valence-corrected chi connectivity index (χ2v) is 6.49. The number of ether oxygens (including phenoxy) is 1. The largest absolute Gasteiger partial charge is 0.475 e. The number of allylic oxidation sites excluding steroid dienone is 3. The molecule has 22 heavy (non-hydrogen) atoms. The molecule has 2 aliphatic rings. The van der Waals surface area contributed by atoms with Gasteiger partial charge in [-0.15, -0.1) is 12.3 Å². The minimum Gasteiger partial charge on any atom is -0.475 e. The molecule has 1 aromatic rings. The van der Waals surface area contributed by atoms with Crippen LogP contribution in [0, 0.1) is 18.3 Å². The fraction of sp³-hybridized carbons (Fsp3) is 0.350. The van der Waals surface area contributed by atoms with E-state index in [9.17, 15) is 0 Å². The molecule has 1 aliphatic carbocycles. The highest BCUT2D eigenvalue weighted by Crippen LogP contribution is 2.39. The van der Waals surface area contributed by atoms with Crippen LogP contribution < -0.4 is 0 Å². The number of aliphatic imine (C=N–C) groups is 1. The first-order valence-corrected chi connectivity index (χ1v) is 7.70. The third-order valence-electron chi connectivity index (χ3n) is 4.12. The van der Waals surface area contributed by atoms with Gasteiger partial charge in [0.05, 0.1) is 5.54 Å². The maximum Gasteiger partial charge on any atom is 0.213 e. The third kappa shape index (κ3) is 2.85. The van der Waals surface area contributed by atoms with Crippen molar-refractivity contribution in [3.63, 3.8) is 0 Å². The molecule has 1 aliphatic heterocycles. The Hall–Kier alpha value is -2.27. The summed E-state index contributed by atoms with van der Waals surface area (Å²) < 4.78 is 5.88. The molecule has 3 rings (SSSR count). The summed E-state index contributed by atoms with van der Waals surface area (Å²) in [5, 5.41) is 0. The van der Waals surface area contributed by atoms with Gasteiger partial charge in [0.15, 0.2) is 0 Å². The molecule has 2 nitrogen and oxygen atoms in total. The van der Waals surface area contributed by atoms with Crippen molar-refractivity contribution in [3.05, 3.63) is 59.7 Å². The Balaban J connectivity index is 2.01. The van der Waals surface area contributed by atoms with E-state index in [0.29, 0.717) is 13.0 Å². The maximum atomic E-state index is 5.88. The summed E-state index contributed by atoms with van der Waals surface area (Å²) in [5.41, 5.74) is 2.24. The van der Waals surface area contributed by atoms with Crippen LogP contribution in [0.3, 0.4) is 0 Å². The molecule has 1 heterocycles. The Morgan fingerprint density at radius 1 is 1.32 bits per heavy atom. The van der Waals surface area contributed by atoms with Crippen LogP contribution in [-0.2, 0) is 4.74 Å². The first-order valence-electron chi connectivity index (χ1n) is 7.70. The first-order chi connectivity index (χ1) is 10.6. The number of terminal acetylenes is 1. The first kappa shape index (κ1) is 14.7. The van der Waals surface area contributed by atoms with E-state index in [1.54, 1.807) is 0 Å². The average Bonchev–Trinajstić information content (AvgIpc) is 2.88. The van der Waals surface area contributed by atoms with Crippen LogP contribution >= 0.6 is 0 Å². The van der Waals surface area contributed by atoms with Crippen LogP contribution in [0.1, 0.15) is 31.7 Å². The highest BCUT2D eigenvalue weighted by molar-refractivity contribution is 5.97. The molecule has 112 valence electrons. The van der Waals surface area contributed by atoms with Gasteiger partial charge in [0, 0.05) is 17.9 Å². The van der Waals surface area contributed by atoms with E-state index >= 15 is 0 Å². The molecule has 1 aromatic carbocycles. The Labute approximate surface area is 132 Å². The molecule has 0 spiro atoms. The number of nitrogens with zero attached hydrogens (tertiary/aromatic N) is 1. The van der Waals surface area contributed by atoms with Crippen LogP contribution in [0.2, 0.25) is 0 Å². The number of benzene rings is 1. The lowest BCUT2D eigenvalue weighted by atomic mass is 9.76. The van der Waals surface area contributed by atoms with Gasteiger partial charge >= 0.3 is 0 Å². The molecule has 0 radical (unpaired) electrons. The van der Waals surface area contributed by atoms with Gasteiger partial charge in [-0.25, -0.2) is 4.99 Å². The van der Waals surface area contributed by atoms with Crippen molar-refractivity contribution >= 4 is 5.90 Å². The third-order valence-corrected chi connectivity index (χ3v) is 4.12. The summed E-state index contributed by atoms with van der Waals surface area (Å²) in [5.74, 6) is 4.06. The summed E-state index contributed by atoms with van der Waals surface area (Å²) in [6, 6.07) is 10.5. The lowest BCUT2D eigenvalue weighted by Gasteiger charge is -2.28. The predicted molar refractivity (Wildman–Crippen MR) is 90.8 cm³/mol. The quantitative estimate of drug-likeness (QED) is 0.768. The lowest BCUT2D eigenvalue weighted by Crippen LogP contribution is -2.21. The standard InChI is InChI=1S/C20H21NO/c1-4-9-15-12-8-13-17(19-21-20(2,3)14-22-19)18(15)16-10-6-5-7-11-16/h1,5-8,10-13,15,18H,9,14H2,2-3H3/t15-,18-/m1/s1. The van der Waals surface area contributed by atoms with E-state index in [4.69, 9.17) is 16.2 Å². The normalized spacial score (nSPS) is 25.9. The van der Waals surface area contributed by atoms with E-state index in [1.165, 1.54) is 5.56 Å². The molecular formula is C20H21NO. The van der Waals surface area contributed by atoms with Crippen LogP contribution in [0.5, 0.6) is 0 Å². The molecule has 0 unspecified atom stereocenters. The fourth-order valence-electron chi connectivity index (χ4n) is 3.09. The Bertz CT molecular complexity index is 673. The van der Waals surface area contributed by atoms with Gasteiger partial charge in [0.1, 0.15) is 6.61 Å². The maximum absolute atomic E-state index is 5.88. The van der Waals surface area contributed by atoms with Crippen LogP contribution in [0.4, 0.5) is 0 Å². The van der Waals surface area contributed by atoms with E-state index in [-0.39, 0.29) is 17.4 Å². The molecule has 0 bridgehead atoms. The number of hydrogen-bond donors (Lipinski definition) is 0. The summed E-state index contributed by atoms with van der Waals surface area (Å²) in [6.07, 6.45) is 12.7. The molecule has 2 heteroatoms. The number of hydrogen-bond acceptors (Lipinski definition) is 2. The van der Waals surface area contributed by atoms with Gasteiger partial charge in [-0.3, -0.25) is 0 Å². The Kier molecular flexibility index (Phi) is 3.90. The topological polar surface area (TPSA) is 21.6 Å². The SMILES string of the molecule is C#CC[C@@H]1C=CC=C(C2=NC(C)(C)CO2)[C@H]1c1ccccc1. The van der Waals surface area contributed by atoms with Gasteiger partial charge in [-0.2, -0.15) is 0 Å². The molecule has 0 N–H and O–H groups in total. The van der Waals surface area contributed by atoms with Crippen molar-refractivity contribution in [2.45, 2.75) is 31.7 Å². The van der Waals surface area contributed by atoms with Gasteiger partial charge < -0.3 is 4.74 Å². The second kappa shape index (κ2) is 5.85. The minimum atomic E-state index is -0.153. The monoisotopic (exact) mass is 291 g/mol. The zero-order valence-electron chi connectivity index (χ0n) is 13.1. The van der Waals surface area contributed by atoms with E-state index in [2.05, 4.69) is 62.3 Å². The van der Waals surface area contributed by atoms with Crippen LogP contribution in [-0.4, -0.2) is 18.0 Å². The van der Waals surface area contributed by atoms with Gasteiger partial charge in [-0.1, -0.05) is 48.6 Å². The van der Waals surface area contributed by atoms with E-state index in [0.717, 1.165) is 11.5 Å². The molecule has 2 atom stereocenters. The molecule has 0 fully saturated rings. The summed E-state index contributed by atoms with van der Waals surface area (Å²) in [6.45, 7) is 4.82. The Morgan fingerprint density at radius 3 is 2.73 bits per heavy atom. The van der Waals surface area contributed by atoms with Crippen molar-refractivity contribution in [1.82, 2.24) is 0 Å². The average molecular weight is 291 g/mol. The van der Waals surface area contributed by atoms with E-state index in [1.807, 2.05) is 6.07 Å². The zero-order chi connectivity index (χ0) is 15.6.